The van der Waals surface area contributed by atoms with E-state index in [9.17, 15) is 5.11 Å². The van der Waals surface area contributed by atoms with Crippen molar-refractivity contribution >= 4 is 0 Å². The summed E-state index contributed by atoms with van der Waals surface area (Å²) >= 11 is 0. The van der Waals surface area contributed by atoms with E-state index in [1.807, 2.05) is 12.1 Å². The Morgan fingerprint density at radius 1 is 1.50 bits per heavy atom. The second kappa shape index (κ2) is 6.01. The fraction of sp³-hybridized carbons (Fsp3) is 0.615. The Labute approximate surface area is 107 Å². The van der Waals surface area contributed by atoms with Crippen molar-refractivity contribution in [1.82, 2.24) is 4.90 Å². The van der Waals surface area contributed by atoms with Gasteiger partial charge in [0.05, 0.1) is 44.1 Å². The molecule has 1 aromatic heterocycles. The second-order valence-electron chi connectivity index (χ2n) is 4.85. The Morgan fingerprint density at radius 2 is 2.33 bits per heavy atom. The van der Waals surface area contributed by atoms with Gasteiger partial charge in [-0.25, -0.2) is 0 Å². The van der Waals surface area contributed by atoms with E-state index in [4.69, 9.17) is 14.4 Å². The Hall–Kier alpha value is -1.35. The Morgan fingerprint density at radius 3 is 2.83 bits per heavy atom. The van der Waals surface area contributed by atoms with E-state index in [-0.39, 0.29) is 12.0 Å². The molecule has 18 heavy (non-hydrogen) atoms. The summed E-state index contributed by atoms with van der Waals surface area (Å²) in [6, 6.07) is 5.92. The van der Waals surface area contributed by atoms with E-state index in [0.717, 1.165) is 12.3 Å². The zero-order valence-electron chi connectivity index (χ0n) is 10.3. The lowest BCUT2D eigenvalue weighted by atomic mass is 9.86. The van der Waals surface area contributed by atoms with Crippen molar-refractivity contribution in [2.45, 2.75) is 13.0 Å². The highest BCUT2D eigenvalue weighted by molar-refractivity contribution is 4.99. The monoisotopic (exact) mass is 250 g/mol. The number of aliphatic hydroxyl groups is 1. The standard InChI is InChI=1S/C13H18N2O3/c14-4-2-5-15(7-12-3-1-6-18-12)8-13(9-16)10-17-11-13/h1,3,6,16H,2,5,7-11H2. The van der Waals surface area contributed by atoms with Gasteiger partial charge in [0.1, 0.15) is 5.76 Å². The fourth-order valence-corrected chi connectivity index (χ4v) is 2.14. The van der Waals surface area contributed by atoms with Crippen LogP contribution in [0.2, 0.25) is 0 Å². The Kier molecular flexibility index (Phi) is 4.37. The van der Waals surface area contributed by atoms with E-state index < -0.39 is 0 Å². The molecule has 0 bridgehead atoms. The maximum atomic E-state index is 9.44. The minimum Gasteiger partial charge on any atom is -0.468 e. The quantitative estimate of drug-likeness (QED) is 0.782. The molecule has 1 aliphatic heterocycles. The lowest BCUT2D eigenvalue weighted by Crippen LogP contribution is -2.53. The molecule has 2 heterocycles. The zero-order chi connectivity index (χ0) is 12.8. The van der Waals surface area contributed by atoms with Crippen molar-refractivity contribution in [3.8, 4) is 6.07 Å². The summed E-state index contributed by atoms with van der Waals surface area (Å²) in [6.45, 7) is 3.37. The van der Waals surface area contributed by atoms with Crippen molar-refractivity contribution in [1.29, 1.82) is 5.26 Å². The molecular formula is C13H18N2O3. The van der Waals surface area contributed by atoms with E-state index in [1.165, 1.54) is 0 Å². The van der Waals surface area contributed by atoms with E-state index >= 15 is 0 Å². The molecule has 2 rings (SSSR count). The van der Waals surface area contributed by atoms with Crippen LogP contribution in [-0.4, -0.2) is 42.9 Å². The van der Waals surface area contributed by atoms with Crippen LogP contribution in [0.1, 0.15) is 12.2 Å². The SMILES string of the molecule is N#CCCN(Cc1ccco1)CC1(CO)COC1. The first kappa shape index (κ1) is 13.1. The van der Waals surface area contributed by atoms with E-state index in [2.05, 4.69) is 11.0 Å². The molecule has 0 aromatic carbocycles. The van der Waals surface area contributed by atoms with Crippen LogP contribution in [0.4, 0.5) is 0 Å². The van der Waals surface area contributed by atoms with Crippen molar-refractivity contribution in [3.63, 3.8) is 0 Å². The van der Waals surface area contributed by atoms with Gasteiger partial charge in [0, 0.05) is 19.5 Å². The van der Waals surface area contributed by atoms with Gasteiger partial charge >= 0.3 is 0 Å². The van der Waals surface area contributed by atoms with Crippen LogP contribution in [0.3, 0.4) is 0 Å². The topological polar surface area (TPSA) is 69.6 Å². The number of nitriles is 1. The number of hydrogen-bond donors (Lipinski definition) is 1. The molecule has 1 aromatic rings. The summed E-state index contributed by atoms with van der Waals surface area (Å²) < 4.78 is 10.5. The minimum atomic E-state index is -0.165. The van der Waals surface area contributed by atoms with Gasteiger partial charge in [-0.05, 0) is 12.1 Å². The van der Waals surface area contributed by atoms with Crippen LogP contribution in [0.5, 0.6) is 0 Å². The van der Waals surface area contributed by atoms with Crippen molar-refractivity contribution in [3.05, 3.63) is 24.2 Å². The molecule has 0 unspecified atom stereocenters. The molecule has 0 spiro atoms. The predicted molar refractivity (Wildman–Crippen MR) is 64.6 cm³/mol. The van der Waals surface area contributed by atoms with Gasteiger partial charge in [-0.2, -0.15) is 5.26 Å². The lowest BCUT2D eigenvalue weighted by molar-refractivity contribution is -0.149. The van der Waals surface area contributed by atoms with Crippen LogP contribution in [0.25, 0.3) is 0 Å². The highest BCUT2D eigenvalue weighted by Crippen LogP contribution is 2.28. The van der Waals surface area contributed by atoms with Gasteiger partial charge in [-0.1, -0.05) is 0 Å². The lowest BCUT2D eigenvalue weighted by Gasteiger charge is -2.43. The number of nitrogens with zero attached hydrogens (tertiary/aromatic N) is 2. The maximum Gasteiger partial charge on any atom is 0.117 e. The first-order valence-electron chi connectivity index (χ1n) is 6.08. The third-order valence-electron chi connectivity index (χ3n) is 3.21. The molecule has 1 N–H and O–H groups in total. The smallest absolute Gasteiger partial charge is 0.117 e. The molecule has 5 nitrogen and oxygen atoms in total. The highest BCUT2D eigenvalue weighted by atomic mass is 16.5. The van der Waals surface area contributed by atoms with Gasteiger partial charge in [-0.15, -0.1) is 0 Å². The van der Waals surface area contributed by atoms with Gasteiger partial charge < -0.3 is 14.3 Å². The van der Waals surface area contributed by atoms with Crippen molar-refractivity contribution < 1.29 is 14.3 Å². The van der Waals surface area contributed by atoms with Crippen LogP contribution in [0, 0.1) is 16.7 Å². The Bertz CT molecular complexity index is 387. The highest BCUT2D eigenvalue weighted by Gasteiger charge is 2.39. The maximum absolute atomic E-state index is 9.44. The molecule has 0 saturated carbocycles. The second-order valence-corrected chi connectivity index (χ2v) is 4.85. The third-order valence-corrected chi connectivity index (χ3v) is 3.21. The average molecular weight is 250 g/mol. The largest absolute Gasteiger partial charge is 0.468 e. The molecule has 98 valence electrons. The normalized spacial score (nSPS) is 17.4. The number of furan rings is 1. The van der Waals surface area contributed by atoms with Crippen molar-refractivity contribution in [2.24, 2.45) is 5.41 Å². The summed E-state index contributed by atoms with van der Waals surface area (Å²) in [6.07, 6.45) is 2.12. The molecule has 0 amide bonds. The van der Waals surface area contributed by atoms with Crippen LogP contribution >= 0.6 is 0 Å². The predicted octanol–water partition coefficient (Wildman–Crippen LogP) is 1.00. The first-order valence-corrected chi connectivity index (χ1v) is 6.08. The molecule has 5 heteroatoms. The minimum absolute atomic E-state index is 0.119. The van der Waals surface area contributed by atoms with Gasteiger partial charge in [0.2, 0.25) is 0 Å². The number of ether oxygens (including phenoxy) is 1. The van der Waals surface area contributed by atoms with Crippen LogP contribution in [-0.2, 0) is 11.3 Å². The average Bonchev–Trinajstić information content (AvgIpc) is 2.83. The van der Waals surface area contributed by atoms with Gasteiger partial charge in [0.25, 0.3) is 0 Å². The molecule has 0 radical (unpaired) electrons. The Balaban J connectivity index is 1.94. The molecule has 0 atom stereocenters. The molecule has 0 aliphatic carbocycles. The van der Waals surface area contributed by atoms with Crippen LogP contribution in [0.15, 0.2) is 22.8 Å². The number of hydrogen-bond acceptors (Lipinski definition) is 5. The summed E-state index contributed by atoms with van der Waals surface area (Å²) in [7, 11) is 0. The molecule has 1 aliphatic rings. The zero-order valence-corrected chi connectivity index (χ0v) is 10.3. The van der Waals surface area contributed by atoms with Crippen molar-refractivity contribution in [2.75, 3.05) is 32.9 Å². The molecule has 1 fully saturated rings. The number of rotatable bonds is 7. The molecule has 1 saturated heterocycles. The first-order chi connectivity index (χ1) is 8.78. The van der Waals surface area contributed by atoms with E-state index in [0.29, 0.717) is 32.7 Å². The molecular weight excluding hydrogens is 232 g/mol. The summed E-state index contributed by atoms with van der Waals surface area (Å²) in [5.74, 6) is 0.876. The fourth-order valence-electron chi connectivity index (χ4n) is 2.14. The number of aliphatic hydroxyl groups excluding tert-OH is 1. The summed E-state index contributed by atoms with van der Waals surface area (Å²) in [5, 5.41) is 18.1. The third kappa shape index (κ3) is 3.10. The van der Waals surface area contributed by atoms with Gasteiger partial charge in [0.15, 0.2) is 0 Å². The van der Waals surface area contributed by atoms with E-state index in [1.54, 1.807) is 6.26 Å². The summed E-state index contributed by atoms with van der Waals surface area (Å²) in [4.78, 5) is 2.14. The van der Waals surface area contributed by atoms with Gasteiger partial charge in [-0.3, -0.25) is 4.90 Å². The van der Waals surface area contributed by atoms with Crippen LogP contribution < -0.4 is 0 Å². The summed E-state index contributed by atoms with van der Waals surface area (Å²) in [5.41, 5.74) is -0.165.